The summed E-state index contributed by atoms with van der Waals surface area (Å²) in [7, 11) is 0. The zero-order valence-electron chi connectivity index (χ0n) is 13.9. The Bertz CT molecular complexity index is 587. The van der Waals surface area contributed by atoms with Gasteiger partial charge in [-0.25, -0.2) is 0 Å². The lowest BCUT2D eigenvalue weighted by atomic mass is 9.99. The third kappa shape index (κ3) is 3.82. The number of para-hydroxylation sites is 1. The summed E-state index contributed by atoms with van der Waals surface area (Å²) < 4.78 is 0. The van der Waals surface area contributed by atoms with Crippen LogP contribution in [-0.2, 0) is 13.0 Å². The van der Waals surface area contributed by atoms with Gasteiger partial charge in [0.2, 0.25) is 0 Å². The highest BCUT2D eigenvalue weighted by Crippen LogP contribution is 2.25. The van der Waals surface area contributed by atoms with Gasteiger partial charge in [-0.05, 0) is 42.5 Å². The normalized spacial score (nSPS) is 11.5. The quantitative estimate of drug-likeness (QED) is 0.738. The molecule has 0 radical (unpaired) electrons. The lowest BCUT2D eigenvalue weighted by Crippen LogP contribution is -2.15. The molecule has 114 valence electrons. The van der Waals surface area contributed by atoms with Crippen molar-refractivity contribution in [3.8, 4) is 0 Å². The van der Waals surface area contributed by atoms with Crippen LogP contribution in [0.15, 0.2) is 24.3 Å². The largest absolute Gasteiger partial charge is 0.313 e. The van der Waals surface area contributed by atoms with Crippen LogP contribution < -0.4 is 5.32 Å². The summed E-state index contributed by atoms with van der Waals surface area (Å²) in [4.78, 5) is 4.92. The first-order valence-corrected chi connectivity index (χ1v) is 8.29. The molecule has 0 aliphatic heterocycles. The zero-order valence-corrected chi connectivity index (χ0v) is 13.9. The number of hydrogen-bond donors (Lipinski definition) is 1. The molecule has 0 aliphatic rings. The number of nitrogens with zero attached hydrogens (tertiary/aromatic N) is 1. The van der Waals surface area contributed by atoms with Crippen molar-refractivity contribution in [3.05, 3.63) is 41.1 Å². The Morgan fingerprint density at radius 2 is 1.95 bits per heavy atom. The third-order valence-corrected chi connectivity index (χ3v) is 4.02. The molecule has 0 amide bonds. The number of rotatable bonds is 7. The monoisotopic (exact) mass is 284 g/mol. The number of pyridine rings is 1. The van der Waals surface area contributed by atoms with Gasteiger partial charge in [-0.15, -0.1) is 0 Å². The van der Waals surface area contributed by atoms with Crippen LogP contribution in [0.3, 0.4) is 0 Å². The van der Waals surface area contributed by atoms with Crippen LogP contribution >= 0.6 is 0 Å². The molecule has 0 unspecified atom stereocenters. The number of benzene rings is 1. The Balaban J connectivity index is 2.41. The van der Waals surface area contributed by atoms with Crippen molar-refractivity contribution in [2.45, 2.75) is 59.4 Å². The summed E-state index contributed by atoms with van der Waals surface area (Å²) in [5, 5.41) is 4.88. The minimum atomic E-state index is 0.466. The third-order valence-electron chi connectivity index (χ3n) is 4.02. The van der Waals surface area contributed by atoms with E-state index in [0.717, 1.165) is 19.5 Å². The minimum absolute atomic E-state index is 0.466. The van der Waals surface area contributed by atoms with E-state index in [0.29, 0.717) is 5.92 Å². The van der Waals surface area contributed by atoms with Crippen LogP contribution in [0, 0.1) is 0 Å². The number of hydrogen-bond acceptors (Lipinski definition) is 2. The zero-order chi connectivity index (χ0) is 15.2. The molecule has 0 bridgehead atoms. The van der Waals surface area contributed by atoms with Gasteiger partial charge < -0.3 is 5.32 Å². The van der Waals surface area contributed by atoms with E-state index in [-0.39, 0.29) is 0 Å². The van der Waals surface area contributed by atoms with E-state index < -0.39 is 0 Å². The van der Waals surface area contributed by atoms with Crippen molar-refractivity contribution in [2.24, 2.45) is 0 Å². The molecule has 0 saturated carbocycles. The van der Waals surface area contributed by atoms with Crippen molar-refractivity contribution < 1.29 is 0 Å². The first-order chi connectivity index (χ1) is 10.2. The Hall–Kier alpha value is -1.41. The molecule has 0 saturated heterocycles. The van der Waals surface area contributed by atoms with Crippen molar-refractivity contribution in [2.75, 3.05) is 6.54 Å². The highest BCUT2D eigenvalue weighted by atomic mass is 14.8. The van der Waals surface area contributed by atoms with E-state index in [1.165, 1.54) is 40.6 Å². The Labute approximate surface area is 129 Å². The number of aryl methyl sites for hydroxylation is 1. The van der Waals surface area contributed by atoms with E-state index in [4.69, 9.17) is 4.98 Å². The maximum Gasteiger partial charge on any atom is 0.0740 e. The van der Waals surface area contributed by atoms with Gasteiger partial charge in [0.15, 0.2) is 0 Å². The van der Waals surface area contributed by atoms with Gasteiger partial charge in [-0.1, -0.05) is 52.3 Å². The van der Waals surface area contributed by atoms with E-state index in [1.54, 1.807) is 0 Å². The molecule has 2 nitrogen and oxygen atoms in total. The Morgan fingerprint density at radius 1 is 1.14 bits per heavy atom. The van der Waals surface area contributed by atoms with Gasteiger partial charge in [0.25, 0.3) is 0 Å². The van der Waals surface area contributed by atoms with Crippen LogP contribution in [0.5, 0.6) is 0 Å². The highest BCUT2D eigenvalue weighted by Gasteiger charge is 2.10. The fraction of sp³-hybridized carbons (Fsp3) is 0.526. The lowest BCUT2D eigenvalue weighted by molar-refractivity contribution is 0.642. The summed E-state index contributed by atoms with van der Waals surface area (Å²) in [6.07, 6.45) is 3.51. The van der Waals surface area contributed by atoms with Crippen molar-refractivity contribution in [1.29, 1.82) is 0 Å². The van der Waals surface area contributed by atoms with Crippen molar-refractivity contribution in [3.63, 3.8) is 0 Å². The SMILES string of the molecule is CCCCNCc1cc(C(C)C)nc2c(CC)cccc12. The van der Waals surface area contributed by atoms with Crippen LogP contribution in [0.2, 0.25) is 0 Å². The standard InChI is InChI=1S/C19H28N2/c1-5-7-11-20-13-16-12-18(14(3)4)21-19-15(6-2)9-8-10-17(16)19/h8-10,12,14,20H,5-7,11,13H2,1-4H3. The van der Waals surface area contributed by atoms with Gasteiger partial charge in [-0.3, -0.25) is 4.98 Å². The molecule has 2 rings (SSSR count). The molecule has 0 aliphatic carbocycles. The summed E-state index contributed by atoms with van der Waals surface area (Å²) in [5.74, 6) is 0.466. The van der Waals surface area contributed by atoms with E-state index >= 15 is 0 Å². The van der Waals surface area contributed by atoms with Gasteiger partial charge in [0, 0.05) is 17.6 Å². The van der Waals surface area contributed by atoms with E-state index in [9.17, 15) is 0 Å². The molecule has 2 aromatic rings. The molecule has 2 heteroatoms. The highest BCUT2D eigenvalue weighted by molar-refractivity contribution is 5.85. The Morgan fingerprint density at radius 3 is 2.62 bits per heavy atom. The van der Waals surface area contributed by atoms with Gasteiger partial charge >= 0.3 is 0 Å². The van der Waals surface area contributed by atoms with Crippen LogP contribution in [-0.4, -0.2) is 11.5 Å². The molecule has 1 aromatic carbocycles. The summed E-state index contributed by atoms with van der Waals surface area (Å²) in [6.45, 7) is 10.9. The molecule has 1 aromatic heterocycles. The summed E-state index contributed by atoms with van der Waals surface area (Å²) >= 11 is 0. The average Bonchev–Trinajstić information content (AvgIpc) is 2.50. The Kier molecular flexibility index (Phi) is 5.75. The molecule has 0 atom stereocenters. The summed E-state index contributed by atoms with van der Waals surface area (Å²) in [6, 6.07) is 8.86. The molecule has 1 N–H and O–H groups in total. The number of fused-ring (bicyclic) bond motifs is 1. The minimum Gasteiger partial charge on any atom is -0.313 e. The molecular formula is C19H28N2. The molecule has 0 fully saturated rings. The second kappa shape index (κ2) is 7.56. The van der Waals surface area contributed by atoms with Crippen LogP contribution in [0.4, 0.5) is 0 Å². The second-order valence-electron chi connectivity index (χ2n) is 6.06. The predicted molar refractivity (Wildman–Crippen MR) is 91.8 cm³/mol. The fourth-order valence-corrected chi connectivity index (χ4v) is 2.65. The van der Waals surface area contributed by atoms with Gasteiger partial charge in [0.1, 0.15) is 0 Å². The molecular weight excluding hydrogens is 256 g/mol. The maximum absolute atomic E-state index is 4.92. The summed E-state index contributed by atoms with van der Waals surface area (Å²) in [5.41, 5.74) is 5.13. The van der Waals surface area contributed by atoms with Gasteiger partial charge in [0.05, 0.1) is 5.52 Å². The fourth-order valence-electron chi connectivity index (χ4n) is 2.65. The van der Waals surface area contributed by atoms with Crippen LogP contribution in [0.1, 0.15) is 63.3 Å². The lowest BCUT2D eigenvalue weighted by Gasteiger charge is -2.14. The van der Waals surface area contributed by atoms with Gasteiger partial charge in [-0.2, -0.15) is 0 Å². The second-order valence-corrected chi connectivity index (χ2v) is 6.06. The smallest absolute Gasteiger partial charge is 0.0740 e. The molecule has 1 heterocycles. The topological polar surface area (TPSA) is 24.9 Å². The van der Waals surface area contributed by atoms with E-state index in [1.807, 2.05) is 0 Å². The van der Waals surface area contributed by atoms with Crippen molar-refractivity contribution >= 4 is 10.9 Å². The number of nitrogens with one attached hydrogen (secondary N) is 1. The van der Waals surface area contributed by atoms with Crippen LogP contribution in [0.25, 0.3) is 10.9 Å². The maximum atomic E-state index is 4.92. The van der Waals surface area contributed by atoms with E-state index in [2.05, 4.69) is 57.3 Å². The molecule has 21 heavy (non-hydrogen) atoms. The first-order valence-electron chi connectivity index (χ1n) is 8.29. The predicted octanol–water partition coefficient (Wildman–Crippen LogP) is 4.81. The first kappa shape index (κ1) is 16.0. The number of unbranched alkanes of at least 4 members (excludes halogenated alkanes) is 1. The average molecular weight is 284 g/mol. The van der Waals surface area contributed by atoms with Crippen molar-refractivity contribution in [1.82, 2.24) is 10.3 Å². The molecule has 0 spiro atoms. The number of aromatic nitrogens is 1.